The van der Waals surface area contributed by atoms with E-state index in [2.05, 4.69) is 12.8 Å². The van der Waals surface area contributed by atoms with Crippen molar-refractivity contribution in [2.24, 2.45) is 5.92 Å². The molecule has 0 N–H and O–H groups in total. The maximum atomic E-state index is 11.4. The highest BCUT2D eigenvalue weighted by Gasteiger charge is 2.16. The molecule has 2 heteroatoms. The molecule has 0 bridgehead atoms. The summed E-state index contributed by atoms with van der Waals surface area (Å²) in [6, 6.07) is 0. The van der Waals surface area contributed by atoms with Gasteiger partial charge in [-0.15, -0.1) is 6.42 Å². The number of unbranched alkanes of at least 4 members (excludes halogenated alkanes) is 2. The normalized spacial score (nSPS) is 11.8. The van der Waals surface area contributed by atoms with Gasteiger partial charge in [0.25, 0.3) is 0 Å². The van der Waals surface area contributed by atoms with Crippen LogP contribution in [0.3, 0.4) is 0 Å². The van der Waals surface area contributed by atoms with Crippen LogP contribution in [0.1, 0.15) is 46.0 Å². The van der Waals surface area contributed by atoms with Crippen LogP contribution in [0.25, 0.3) is 0 Å². The summed E-state index contributed by atoms with van der Waals surface area (Å²) in [6.07, 6.45) is 10.2. The second-order valence-electron chi connectivity index (χ2n) is 3.41. The van der Waals surface area contributed by atoms with Crippen LogP contribution < -0.4 is 0 Å². The highest BCUT2D eigenvalue weighted by Crippen LogP contribution is 2.15. The third kappa shape index (κ3) is 5.64. The number of carbonyl (C=O) groups is 1. The van der Waals surface area contributed by atoms with Crippen LogP contribution in [-0.4, -0.2) is 12.6 Å². The molecule has 0 radical (unpaired) electrons. The fourth-order valence-electron chi connectivity index (χ4n) is 1.36. The van der Waals surface area contributed by atoms with E-state index in [-0.39, 0.29) is 18.5 Å². The van der Waals surface area contributed by atoms with E-state index in [9.17, 15) is 4.79 Å². The van der Waals surface area contributed by atoms with Gasteiger partial charge in [0.1, 0.15) is 0 Å². The van der Waals surface area contributed by atoms with Gasteiger partial charge in [0.05, 0.1) is 5.92 Å². The molecular weight excluding hydrogens is 176 g/mol. The zero-order chi connectivity index (χ0) is 10.8. The molecule has 0 fully saturated rings. The lowest BCUT2D eigenvalue weighted by Crippen LogP contribution is -2.17. The SMILES string of the molecule is C#CCOC(=O)C(CC)CCCCC. The van der Waals surface area contributed by atoms with Crippen LogP contribution >= 0.6 is 0 Å². The molecule has 0 heterocycles. The van der Waals surface area contributed by atoms with Gasteiger partial charge in [0.15, 0.2) is 6.61 Å². The molecule has 0 aromatic carbocycles. The van der Waals surface area contributed by atoms with E-state index in [1.807, 2.05) is 6.92 Å². The summed E-state index contributed by atoms with van der Waals surface area (Å²) in [6.45, 7) is 4.26. The van der Waals surface area contributed by atoms with Crippen molar-refractivity contribution < 1.29 is 9.53 Å². The van der Waals surface area contributed by atoms with Gasteiger partial charge in [-0.2, -0.15) is 0 Å². The zero-order valence-electron chi connectivity index (χ0n) is 9.21. The first kappa shape index (κ1) is 13.0. The van der Waals surface area contributed by atoms with Crippen molar-refractivity contribution in [1.29, 1.82) is 0 Å². The van der Waals surface area contributed by atoms with Crippen molar-refractivity contribution in [3.63, 3.8) is 0 Å². The molecule has 1 atom stereocenters. The summed E-state index contributed by atoms with van der Waals surface area (Å²) in [5.41, 5.74) is 0. The molecule has 80 valence electrons. The van der Waals surface area contributed by atoms with Gasteiger partial charge in [0.2, 0.25) is 0 Å². The third-order valence-corrected chi connectivity index (χ3v) is 2.28. The molecule has 0 spiro atoms. The fourth-order valence-corrected chi connectivity index (χ4v) is 1.36. The number of terminal acetylenes is 1. The Morgan fingerprint density at radius 1 is 1.43 bits per heavy atom. The molecule has 0 aliphatic heterocycles. The molecule has 1 unspecified atom stereocenters. The Morgan fingerprint density at radius 3 is 2.64 bits per heavy atom. The molecule has 0 amide bonds. The summed E-state index contributed by atoms with van der Waals surface area (Å²) >= 11 is 0. The zero-order valence-corrected chi connectivity index (χ0v) is 9.21. The summed E-state index contributed by atoms with van der Waals surface area (Å²) in [7, 11) is 0. The van der Waals surface area contributed by atoms with Crippen LogP contribution in [-0.2, 0) is 9.53 Å². The second kappa shape index (κ2) is 8.62. The van der Waals surface area contributed by atoms with Crippen LogP contribution in [0.2, 0.25) is 0 Å². The topological polar surface area (TPSA) is 26.3 Å². The van der Waals surface area contributed by atoms with E-state index in [1.54, 1.807) is 0 Å². The molecule has 0 rings (SSSR count). The number of esters is 1. The predicted octanol–water partition coefficient (Wildman–Crippen LogP) is 2.77. The Hall–Kier alpha value is -0.970. The number of hydrogen-bond donors (Lipinski definition) is 0. The van der Waals surface area contributed by atoms with E-state index in [4.69, 9.17) is 11.2 Å². The van der Waals surface area contributed by atoms with Crippen molar-refractivity contribution in [1.82, 2.24) is 0 Å². The fraction of sp³-hybridized carbons (Fsp3) is 0.750. The number of rotatable bonds is 7. The van der Waals surface area contributed by atoms with Gasteiger partial charge < -0.3 is 4.74 Å². The van der Waals surface area contributed by atoms with Gasteiger partial charge in [-0.1, -0.05) is 39.0 Å². The summed E-state index contributed by atoms with van der Waals surface area (Å²) in [4.78, 5) is 11.4. The minimum absolute atomic E-state index is 0.0369. The standard InChI is InChI=1S/C12H20O2/c1-4-7-8-9-11(6-3)12(13)14-10-5-2/h2,11H,4,6-10H2,1,3H3. The van der Waals surface area contributed by atoms with Crippen molar-refractivity contribution in [2.75, 3.05) is 6.61 Å². The molecule has 0 saturated carbocycles. The lowest BCUT2D eigenvalue weighted by molar-refractivity contribution is -0.147. The van der Waals surface area contributed by atoms with Crippen molar-refractivity contribution in [2.45, 2.75) is 46.0 Å². The monoisotopic (exact) mass is 196 g/mol. The Bertz CT molecular complexity index is 191. The molecule has 0 aliphatic carbocycles. The number of carbonyl (C=O) groups excluding carboxylic acids is 1. The van der Waals surface area contributed by atoms with Gasteiger partial charge in [0, 0.05) is 0 Å². The van der Waals surface area contributed by atoms with Gasteiger partial charge in [-0.3, -0.25) is 4.79 Å². The van der Waals surface area contributed by atoms with Crippen LogP contribution in [0.4, 0.5) is 0 Å². The van der Waals surface area contributed by atoms with E-state index >= 15 is 0 Å². The molecule has 14 heavy (non-hydrogen) atoms. The van der Waals surface area contributed by atoms with Gasteiger partial charge in [-0.25, -0.2) is 0 Å². The Kier molecular flexibility index (Phi) is 8.02. The van der Waals surface area contributed by atoms with Gasteiger partial charge in [-0.05, 0) is 12.8 Å². The number of ether oxygens (including phenoxy) is 1. The average molecular weight is 196 g/mol. The highest BCUT2D eigenvalue weighted by atomic mass is 16.5. The quantitative estimate of drug-likeness (QED) is 0.355. The first-order chi connectivity index (χ1) is 6.76. The maximum Gasteiger partial charge on any atom is 0.309 e. The Balaban J connectivity index is 3.76. The Morgan fingerprint density at radius 2 is 2.14 bits per heavy atom. The van der Waals surface area contributed by atoms with Crippen LogP contribution in [0, 0.1) is 18.3 Å². The van der Waals surface area contributed by atoms with Crippen LogP contribution in [0.5, 0.6) is 0 Å². The summed E-state index contributed by atoms with van der Waals surface area (Å²) in [5.74, 6) is 2.20. The first-order valence-electron chi connectivity index (χ1n) is 5.36. The van der Waals surface area contributed by atoms with Crippen LogP contribution in [0.15, 0.2) is 0 Å². The average Bonchev–Trinajstić information content (AvgIpc) is 2.21. The molecule has 0 aromatic heterocycles. The van der Waals surface area contributed by atoms with E-state index < -0.39 is 0 Å². The van der Waals surface area contributed by atoms with E-state index in [0.717, 1.165) is 19.3 Å². The van der Waals surface area contributed by atoms with Crippen molar-refractivity contribution in [3.8, 4) is 12.3 Å². The summed E-state index contributed by atoms with van der Waals surface area (Å²) < 4.78 is 4.90. The Labute approximate surface area is 87.0 Å². The first-order valence-corrected chi connectivity index (χ1v) is 5.36. The molecule has 0 aliphatic rings. The third-order valence-electron chi connectivity index (χ3n) is 2.28. The summed E-state index contributed by atoms with van der Waals surface area (Å²) in [5, 5.41) is 0. The smallest absolute Gasteiger partial charge is 0.309 e. The molecule has 0 saturated heterocycles. The molecule has 0 aromatic rings. The van der Waals surface area contributed by atoms with Gasteiger partial charge >= 0.3 is 5.97 Å². The minimum Gasteiger partial charge on any atom is -0.452 e. The van der Waals surface area contributed by atoms with E-state index in [1.165, 1.54) is 12.8 Å². The predicted molar refractivity (Wildman–Crippen MR) is 57.7 cm³/mol. The van der Waals surface area contributed by atoms with Crippen molar-refractivity contribution >= 4 is 5.97 Å². The molecular formula is C12H20O2. The maximum absolute atomic E-state index is 11.4. The highest BCUT2D eigenvalue weighted by molar-refractivity contribution is 5.72. The largest absolute Gasteiger partial charge is 0.452 e. The number of hydrogen-bond acceptors (Lipinski definition) is 2. The second-order valence-corrected chi connectivity index (χ2v) is 3.41. The lowest BCUT2D eigenvalue weighted by atomic mass is 9.99. The lowest BCUT2D eigenvalue weighted by Gasteiger charge is -2.12. The van der Waals surface area contributed by atoms with Crippen molar-refractivity contribution in [3.05, 3.63) is 0 Å². The minimum atomic E-state index is -0.137. The molecule has 2 nitrogen and oxygen atoms in total. The van der Waals surface area contributed by atoms with E-state index in [0.29, 0.717) is 0 Å².